The molecule has 4 aromatic rings. The van der Waals surface area contributed by atoms with Gasteiger partial charge in [-0.25, -0.2) is 18.7 Å². The molecule has 0 saturated carbocycles. The molecule has 1 aliphatic heterocycles. The van der Waals surface area contributed by atoms with E-state index in [9.17, 15) is 18.8 Å². The molecule has 1 amide bonds. The lowest BCUT2D eigenvalue weighted by Crippen LogP contribution is -2.50. The second-order valence-electron chi connectivity index (χ2n) is 9.07. The van der Waals surface area contributed by atoms with Gasteiger partial charge >= 0.3 is 5.69 Å². The maximum absolute atomic E-state index is 13.4. The quantitative estimate of drug-likeness (QED) is 0.351. The number of hydrogen-bond donors (Lipinski definition) is 1. The fourth-order valence-corrected chi connectivity index (χ4v) is 4.39. The van der Waals surface area contributed by atoms with Gasteiger partial charge in [0.25, 0.3) is 5.56 Å². The van der Waals surface area contributed by atoms with Gasteiger partial charge in [-0.05, 0) is 48.5 Å². The molecule has 0 unspecified atom stereocenters. The van der Waals surface area contributed by atoms with E-state index < -0.39 is 17.1 Å². The Bertz CT molecular complexity index is 1610. The summed E-state index contributed by atoms with van der Waals surface area (Å²) in [5, 5.41) is 8.28. The highest BCUT2D eigenvalue weighted by molar-refractivity contribution is 5.78. The molecule has 202 valence electrons. The van der Waals surface area contributed by atoms with Crippen molar-refractivity contribution < 1.29 is 13.9 Å². The van der Waals surface area contributed by atoms with Crippen LogP contribution in [-0.2, 0) is 11.8 Å². The van der Waals surface area contributed by atoms with Gasteiger partial charge in [0.15, 0.2) is 17.0 Å². The van der Waals surface area contributed by atoms with Crippen LogP contribution in [0.1, 0.15) is 0 Å². The smallest absolute Gasteiger partial charge is 0.337 e. The van der Waals surface area contributed by atoms with Gasteiger partial charge in [0.05, 0.1) is 12.2 Å². The Morgan fingerprint density at radius 2 is 1.69 bits per heavy atom. The molecule has 0 aliphatic carbocycles. The summed E-state index contributed by atoms with van der Waals surface area (Å²) in [6.07, 6.45) is 0. The third-order valence-corrected chi connectivity index (χ3v) is 6.64. The zero-order valence-electron chi connectivity index (χ0n) is 21.3. The van der Waals surface area contributed by atoms with Gasteiger partial charge in [0.2, 0.25) is 5.91 Å². The third kappa shape index (κ3) is 5.40. The molecule has 13 heteroatoms. The zero-order chi connectivity index (χ0) is 27.5. The van der Waals surface area contributed by atoms with E-state index in [0.29, 0.717) is 36.7 Å². The summed E-state index contributed by atoms with van der Waals surface area (Å²) in [4.78, 5) is 45.8. The first-order valence-electron chi connectivity index (χ1n) is 12.4. The van der Waals surface area contributed by atoms with Crippen LogP contribution in [0.4, 0.5) is 4.39 Å². The predicted molar refractivity (Wildman–Crippen MR) is 141 cm³/mol. The maximum atomic E-state index is 13.4. The molecule has 5 rings (SSSR count). The van der Waals surface area contributed by atoms with Crippen LogP contribution in [0.25, 0.3) is 28.2 Å². The number of piperazine rings is 1. The normalized spacial score (nSPS) is 14.1. The topological polar surface area (TPSA) is 141 Å². The summed E-state index contributed by atoms with van der Waals surface area (Å²) < 4.78 is 21.4. The van der Waals surface area contributed by atoms with Crippen LogP contribution >= 0.6 is 0 Å². The van der Waals surface area contributed by atoms with Crippen LogP contribution in [0, 0.1) is 5.82 Å². The molecule has 3 heterocycles. The molecular formula is C26H27FN8O4. The number of aromatic nitrogens is 5. The molecule has 2 N–H and O–H groups in total. The lowest BCUT2D eigenvalue weighted by atomic mass is 10.2. The van der Waals surface area contributed by atoms with Crippen LogP contribution in [0.2, 0.25) is 0 Å². The Kier molecular flexibility index (Phi) is 7.43. The fraction of sp³-hybridized carbons (Fsp3) is 0.308. The molecule has 2 aromatic heterocycles. The van der Waals surface area contributed by atoms with Gasteiger partial charge in [-0.2, -0.15) is 0 Å². The lowest BCUT2D eigenvalue weighted by molar-refractivity contribution is -0.131. The molecule has 0 bridgehead atoms. The number of halogens is 1. The Labute approximate surface area is 222 Å². The van der Waals surface area contributed by atoms with Crippen molar-refractivity contribution in [3.8, 4) is 22.8 Å². The second kappa shape index (κ2) is 11.1. The third-order valence-electron chi connectivity index (χ3n) is 6.64. The van der Waals surface area contributed by atoms with E-state index in [1.54, 1.807) is 29.2 Å². The molecule has 1 saturated heterocycles. The van der Waals surface area contributed by atoms with Crippen LogP contribution in [0.15, 0.2) is 58.1 Å². The van der Waals surface area contributed by atoms with Crippen LogP contribution in [0.3, 0.4) is 0 Å². The first kappa shape index (κ1) is 26.1. The highest BCUT2D eigenvalue weighted by Gasteiger charge is 2.20. The number of nitrogens with zero attached hydrogens (tertiary/aromatic N) is 7. The van der Waals surface area contributed by atoms with Crippen molar-refractivity contribution in [1.29, 1.82) is 0 Å². The number of amides is 1. The molecule has 1 aliphatic rings. The maximum Gasteiger partial charge on any atom is 0.337 e. The van der Waals surface area contributed by atoms with Crippen LogP contribution in [-0.4, -0.2) is 85.9 Å². The monoisotopic (exact) mass is 534 g/mol. The van der Waals surface area contributed by atoms with Crippen molar-refractivity contribution in [2.75, 3.05) is 45.9 Å². The number of carbonyl (C=O) groups is 1. The van der Waals surface area contributed by atoms with Crippen molar-refractivity contribution in [3.05, 3.63) is 75.2 Å². The van der Waals surface area contributed by atoms with E-state index in [4.69, 9.17) is 10.5 Å². The predicted octanol–water partition coefficient (Wildman–Crippen LogP) is 0.162. The highest BCUT2D eigenvalue weighted by atomic mass is 19.1. The molecule has 0 radical (unpaired) electrons. The Hall–Kier alpha value is -4.49. The Morgan fingerprint density at radius 3 is 2.36 bits per heavy atom. The van der Waals surface area contributed by atoms with Crippen LogP contribution in [0.5, 0.6) is 5.75 Å². The number of carbonyl (C=O) groups excluding carboxylic acids is 1. The minimum atomic E-state index is -0.643. The fourth-order valence-electron chi connectivity index (χ4n) is 4.39. The van der Waals surface area contributed by atoms with E-state index in [0.717, 1.165) is 24.2 Å². The minimum Gasteiger partial charge on any atom is -0.492 e. The van der Waals surface area contributed by atoms with Crippen LogP contribution < -0.4 is 21.7 Å². The molecular weight excluding hydrogens is 507 g/mol. The molecule has 1 fully saturated rings. The van der Waals surface area contributed by atoms with Crippen molar-refractivity contribution in [1.82, 2.24) is 34.1 Å². The van der Waals surface area contributed by atoms with Crippen molar-refractivity contribution >= 4 is 17.1 Å². The van der Waals surface area contributed by atoms with Gasteiger partial charge in [-0.3, -0.25) is 19.1 Å². The van der Waals surface area contributed by atoms with Gasteiger partial charge in [0.1, 0.15) is 18.2 Å². The number of ether oxygens (including phenoxy) is 1. The average molecular weight is 535 g/mol. The Morgan fingerprint density at radius 1 is 1.00 bits per heavy atom. The van der Waals surface area contributed by atoms with Crippen molar-refractivity contribution in [2.45, 2.75) is 0 Å². The highest BCUT2D eigenvalue weighted by Crippen LogP contribution is 2.20. The van der Waals surface area contributed by atoms with Gasteiger partial charge in [-0.15, -0.1) is 10.2 Å². The number of nitrogens with two attached hydrogens (primary N) is 1. The lowest BCUT2D eigenvalue weighted by Gasteiger charge is -2.34. The van der Waals surface area contributed by atoms with E-state index in [1.807, 2.05) is 0 Å². The molecule has 2 aromatic carbocycles. The van der Waals surface area contributed by atoms with Gasteiger partial charge in [-0.1, -0.05) is 0 Å². The Balaban J connectivity index is 1.30. The second-order valence-corrected chi connectivity index (χ2v) is 9.07. The SMILES string of the molecule is Cn1c(=O)c2nc(-c3ccc(OCCN4CCN(C(=O)CN)CC4)cc3)nnc2n(-c2ccc(F)cc2)c1=O. The minimum absolute atomic E-state index is 0.0216. The molecule has 39 heavy (non-hydrogen) atoms. The first-order valence-corrected chi connectivity index (χ1v) is 12.4. The number of rotatable bonds is 7. The van der Waals surface area contributed by atoms with E-state index in [-0.39, 0.29) is 29.4 Å². The van der Waals surface area contributed by atoms with Gasteiger partial charge in [0, 0.05) is 45.3 Å². The summed E-state index contributed by atoms with van der Waals surface area (Å²) in [5.74, 6) is 0.378. The van der Waals surface area contributed by atoms with Crippen molar-refractivity contribution in [2.24, 2.45) is 12.8 Å². The van der Waals surface area contributed by atoms with E-state index in [2.05, 4.69) is 20.1 Å². The summed E-state index contributed by atoms with van der Waals surface area (Å²) in [7, 11) is 1.34. The summed E-state index contributed by atoms with van der Waals surface area (Å²) in [6.45, 7) is 4.11. The van der Waals surface area contributed by atoms with E-state index >= 15 is 0 Å². The number of hydrogen-bond acceptors (Lipinski definition) is 9. The van der Waals surface area contributed by atoms with Gasteiger partial charge < -0.3 is 15.4 Å². The largest absolute Gasteiger partial charge is 0.492 e. The zero-order valence-corrected chi connectivity index (χ0v) is 21.3. The molecule has 12 nitrogen and oxygen atoms in total. The summed E-state index contributed by atoms with van der Waals surface area (Å²) >= 11 is 0. The first-order chi connectivity index (χ1) is 18.9. The van der Waals surface area contributed by atoms with Crippen molar-refractivity contribution in [3.63, 3.8) is 0 Å². The molecule has 0 atom stereocenters. The standard InChI is InChI=1S/C26H27FN8O4/c1-32-25(37)22-24(35(26(32)38)19-6-4-18(27)5-7-19)31-30-23(29-22)17-2-8-20(9-3-17)39-15-14-33-10-12-34(13-11-33)21(36)16-28/h2-9H,10-16,28H2,1H3. The van der Waals surface area contributed by atoms with E-state index in [1.165, 1.54) is 35.9 Å². The average Bonchev–Trinajstić information content (AvgIpc) is 2.97. The summed E-state index contributed by atoms with van der Waals surface area (Å²) in [6, 6.07) is 12.3. The number of fused-ring (bicyclic) bond motifs is 1. The molecule has 0 spiro atoms. The number of benzene rings is 2. The summed E-state index contributed by atoms with van der Waals surface area (Å²) in [5.41, 5.74) is 5.05.